The van der Waals surface area contributed by atoms with Gasteiger partial charge in [0.2, 0.25) is 0 Å². The Bertz CT molecular complexity index is 8150. The molecule has 0 saturated heterocycles. The average molecular weight is 1690 g/mol. The van der Waals surface area contributed by atoms with Gasteiger partial charge in [0.05, 0.1) is 57.4 Å². The second kappa shape index (κ2) is 31.9. The molecule has 0 aliphatic heterocycles. The summed E-state index contributed by atoms with van der Waals surface area (Å²) in [6, 6.07) is 162. The summed E-state index contributed by atoms with van der Waals surface area (Å²) in [4.78, 5) is 9.12. The lowest BCUT2D eigenvalue weighted by atomic mass is 9.69. The minimum absolute atomic E-state index is 0.419. The summed E-state index contributed by atoms with van der Waals surface area (Å²) in [6.45, 7) is 8.90. The van der Waals surface area contributed by atoms with E-state index in [1.165, 1.54) is 122 Å². The molecule has 20 aromatic carbocycles. The third-order valence-corrected chi connectivity index (χ3v) is 27.7. The molecule has 20 aromatic rings. The Labute approximate surface area is 768 Å². The summed E-state index contributed by atoms with van der Waals surface area (Å²) in [5.41, 5.74) is 36.7. The quantitative estimate of drug-likeness (QED) is 0.106. The molecule has 8 heteroatoms. The van der Waals surface area contributed by atoms with Gasteiger partial charge in [-0.2, -0.15) is 21.0 Å². The maximum atomic E-state index is 9.70. The first-order chi connectivity index (χ1) is 64.9. The molecule has 0 atom stereocenters. The van der Waals surface area contributed by atoms with Gasteiger partial charge >= 0.3 is 0 Å². The largest absolute Gasteiger partial charge is 0.310 e. The number of hydrogen-bond acceptors (Lipinski definition) is 8. The first-order valence-corrected chi connectivity index (χ1v) is 45.1. The van der Waals surface area contributed by atoms with Crippen LogP contribution in [0.15, 0.2) is 425 Å². The van der Waals surface area contributed by atoms with Crippen LogP contribution < -0.4 is 19.6 Å². The van der Waals surface area contributed by atoms with Crippen molar-refractivity contribution in [1.82, 2.24) is 0 Å². The Balaban J connectivity index is 0.000000150. The van der Waals surface area contributed by atoms with Crippen LogP contribution in [-0.2, 0) is 10.8 Å². The van der Waals surface area contributed by atoms with Crippen molar-refractivity contribution in [1.29, 1.82) is 21.0 Å². The third-order valence-electron chi connectivity index (χ3n) is 27.7. The van der Waals surface area contributed by atoms with Gasteiger partial charge in [0.1, 0.15) is 0 Å². The van der Waals surface area contributed by atoms with Gasteiger partial charge in [-0.3, -0.25) is 0 Å². The summed E-state index contributed by atoms with van der Waals surface area (Å²) in [7, 11) is 0. The van der Waals surface area contributed by atoms with Gasteiger partial charge in [-0.25, -0.2) is 0 Å². The number of rotatable bonds is 14. The van der Waals surface area contributed by atoms with Crippen molar-refractivity contribution in [3.8, 4) is 68.8 Å². The maximum absolute atomic E-state index is 9.70. The van der Waals surface area contributed by atoms with Crippen molar-refractivity contribution in [3.63, 3.8) is 0 Å². The van der Waals surface area contributed by atoms with E-state index in [0.717, 1.165) is 89.8 Å². The highest BCUT2D eigenvalue weighted by Gasteiger charge is 2.55. The number of hydrogen-bond donors (Lipinski definition) is 0. The Hall–Kier alpha value is -17.4. The lowest BCUT2D eigenvalue weighted by Crippen LogP contribution is -2.26. The molecular weight excluding hydrogens is 1600 g/mol. The van der Waals surface area contributed by atoms with Gasteiger partial charge < -0.3 is 19.6 Å². The third kappa shape index (κ3) is 12.7. The maximum Gasteiger partial charge on any atom is 0.0991 e. The zero-order valence-corrected chi connectivity index (χ0v) is 73.1. The Morgan fingerprint density at radius 3 is 0.720 bits per heavy atom. The topological polar surface area (TPSA) is 108 Å². The number of benzene rings is 20. The molecule has 24 rings (SSSR count). The van der Waals surface area contributed by atoms with Crippen LogP contribution in [-0.4, -0.2) is 0 Å². The lowest BCUT2D eigenvalue weighted by Gasteiger charge is -2.32. The molecule has 2 spiro atoms. The lowest BCUT2D eigenvalue weighted by molar-refractivity contribution is 0.802. The van der Waals surface area contributed by atoms with E-state index in [0.29, 0.717) is 34.1 Å². The Morgan fingerprint density at radius 1 is 0.189 bits per heavy atom. The zero-order valence-electron chi connectivity index (χ0n) is 73.1. The first-order valence-electron chi connectivity index (χ1n) is 45.1. The van der Waals surface area contributed by atoms with E-state index in [4.69, 9.17) is 0 Å². The summed E-state index contributed by atoms with van der Waals surface area (Å²) in [5, 5.41) is 48.0. The van der Waals surface area contributed by atoms with Gasteiger partial charge in [0, 0.05) is 68.2 Å². The van der Waals surface area contributed by atoms with Crippen molar-refractivity contribution >= 4 is 111 Å². The van der Waals surface area contributed by atoms with E-state index in [-0.39, 0.29) is 0 Å². The molecule has 0 radical (unpaired) electrons. The molecule has 0 heterocycles. The van der Waals surface area contributed by atoms with Gasteiger partial charge in [-0.1, -0.05) is 234 Å². The van der Waals surface area contributed by atoms with Crippen LogP contribution in [0, 0.1) is 45.3 Å². The van der Waals surface area contributed by atoms with Crippen molar-refractivity contribution in [2.75, 3.05) is 19.6 Å². The van der Waals surface area contributed by atoms with E-state index < -0.39 is 10.8 Å². The molecule has 620 valence electrons. The van der Waals surface area contributed by atoms with E-state index in [2.05, 4.69) is 387 Å². The van der Waals surface area contributed by atoms with Gasteiger partial charge in [-0.05, 0) is 373 Å². The van der Waals surface area contributed by atoms with Gasteiger partial charge in [-0.15, -0.1) is 0 Å². The summed E-state index contributed by atoms with van der Waals surface area (Å²) in [5.74, 6) is 0.839. The van der Waals surface area contributed by atoms with Crippen LogP contribution in [0.25, 0.3) is 87.6 Å². The Kier molecular flexibility index (Phi) is 19.1. The molecule has 0 N–H and O–H groups in total. The van der Waals surface area contributed by atoms with E-state index in [1.54, 1.807) is 0 Å². The van der Waals surface area contributed by atoms with E-state index in [1.807, 2.05) is 109 Å². The number of para-hydroxylation sites is 2. The van der Waals surface area contributed by atoms with Crippen LogP contribution >= 0.6 is 0 Å². The molecule has 4 aliphatic carbocycles. The minimum atomic E-state index is -0.581. The van der Waals surface area contributed by atoms with Crippen molar-refractivity contribution < 1.29 is 0 Å². The summed E-state index contributed by atoms with van der Waals surface area (Å²) in [6.07, 6.45) is 0. The monoisotopic (exact) mass is 1680 g/mol. The van der Waals surface area contributed by atoms with Crippen LogP contribution in [0.1, 0.15) is 117 Å². The molecule has 132 heavy (non-hydrogen) atoms. The van der Waals surface area contributed by atoms with Crippen LogP contribution in [0.2, 0.25) is 0 Å². The highest BCUT2D eigenvalue weighted by Crippen LogP contribution is 2.67. The fourth-order valence-corrected chi connectivity index (χ4v) is 21.6. The molecule has 8 nitrogen and oxygen atoms in total. The van der Waals surface area contributed by atoms with Crippen molar-refractivity contribution in [2.24, 2.45) is 0 Å². The number of nitriles is 4. The minimum Gasteiger partial charge on any atom is -0.310 e. The molecule has 4 aliphatic rings. The first kappa shape index (κ1) is 79.3. The smallest absolute Gasteiger partial charge is 0.0991 e. The average Bonchev–Trinajstić information content (AvgIpc) is 1.50. The highest BCUT2D eigenvalue weighted by atomic mass is 15.2. The van der Waals surface area contributed by atoms with Crippen molar-refractivity contribution in [3.05, 3.63) is 503 Å². The summed E-state index contributed by atoms with van der Waals surface area (Å²) >= 11 is 0. The van der Waals surface area contributed by atoms with E-state index in [9.17, 15) is 21.0 Å². The normalized spacial score (nSPS) is 12.6. The number of anilines is 12. The molecular formula is C124H84N8. The SMILES string of the molecule is CC(C)c1ccc(N(c2ccc(C#N)cc2)c2ccc3cc4c(cc3c2)C2(c3ccccc3-c3ccccc32)c2c-4ccc3cc(N(c4ccc(C#N)cc4)c4ccc(C(C)C)cc4)ccc23)cc1.N#Cc1ccc(N(c2ccccc2)c2ccc3cc4c(cc3c2)C2(c3ccccc3-c3ccccc32)c2c-4ccc3cc(N(c4ccccc4)c4ccc(C#N)cc4)ccc23)cc1. The molecule has 0 aromatic heterocycles. The highest BCUT2D eigenvalue weighted by molar-refractivity contribution is 6.10. The van der Waals surface area contributed by atoms with Crippen molar-refractivity contribution in [2.45, 2.75) is 50.4 Å². The second-order valence-electron chi connectivity index (χ2n) is 35.5. The molecule has 0 bridgehead atoms. The molecule has 0 unspecified atom stereocenters. The van der Waals surface area contributed by atoms with Gasteiger partial charge in [0.25, 0.3) is 0 Å². The molecule has 0 saturated carbocycles. The zero-order chi connectivity index (χ0) is 89.0. The second-order valence-corrected chi connectivity index (χ2v) is 35.5. The molecule has 0 amide bonds. The predicted molar refractivity (Wildman–Crippen MR) is 541 cm³/mol. The molecule has 0 fully saturated rings. The summed E-state index contributed by atoms with van der Waals surface area (Å²) < 4.78 is 0. The van der Waals surface area contributed by atoms with Crippen LogP contribution in [0.5, 0.6) is 0 Å². The van der Waals surface area contributed by atoms with E-state index >= 15 is 0 Å². The number of nitrogens with zero attached hydrogens (tertiary/aromatic N) is 8. The fraction of sp³-hybridized carbons (Fsp3) is 0.0645. The Morgan fingerprint density at radius 2 is 0.432 bits per heavy atom. The predicted octanol–water partition coefficient (Wildman–Crippen LogP) is 32.3. The van der Waals surface area contributed by atoms with Crippen LogP contribution in [0.4, 0.5) is 68.2 Å². The number of fused-ring (bicyclic) bond motifs is 26. The van der Waals surface area contributed by atoms with Crippen LogP contribution in [0.3, 0.4) is 0 Å². The van der Waals surface area contributed by atoms with Gasteiger partial charge in [0.15, 0.2) is 0 Å². The standard InChI is InChI=1S/C65H48N4.C59H36N4/c1-41(2)45-17-27-52(28-18-45)68(50-23-13-43(39-66)14-24-50)54-31-21-47-37-60-59-33-22-48-35-55(69(51-25-15-44(40-67)16-26-51)53-29-19-46(20-30-53)42(3)4)32-34-56(48)64(59)65(63(60)38-49(47)36-54)61-11-7-5-9-57(61)58-10-6-8-12-62(58)65;60-37-39-19-25-46(26-20-39)62(44-11-3-1-4-12-44)48-29-23-41-35-54-53-31-24-42-33-49(63(45-13-5-2-6-14-45)47-27-21-40(38-61)22-28-47)30-32-50(42)58(53)59(57(54)36-43(41)34-48)55-17-9-7-15-51(55)52-16-8-10-18-56(52)59/h5-38,41-42H,1-4H3;1-36H. The fourth-order valence-electron chi connectivity index (χ4n) is 21.6.